The van der Waals surface area contributed by atoms with Gasteiger partial charge < -0.3 is 19.3 Å². The summed E-state index contributed by atoms with van der Waals surface area (Å²) in [5, 5.41) is 8.90. The number of aromatic nitrogens is 9. The van der Waals surface area contributed by atoms with Crippen molar-refractivity contribution >= 4 is 40.2 Å². The number of fused-ring (bicyclic) bond motifs is 1. The molecule has 1 N–H and O–H groups in total. The zero-order chi connectivity index (χ0) is 28.8. The molecule has 212 valence electrons. The van der Waals surface area contributed by atoms with Gasteiger partial charge in [0.05, 0.1) is 6.33 Å². The SMILES string of the molecule is Cc1noc(Cn2c(=O)c3c(ncn3[C@@H](C)C(=O)Nc3csc(-c4cnc(N5CCC(C)C5)nc4)n3)n(C)c2=O)n1. The average molecular weight is 578 g/mol. The van der Waals surface area contributed by atoms with E-state index in [1.807, 2.05) is 0 Å². The second-order valence-corrected chi connectivity index (χ2v) is 11.0. The van der Waals surface area contributed by atoms with Gasteiger partial charge in [-0.2, -0.15) is 4.98 Å². The van der Waals surface area contributed by atoms with Crippen LogP contribution in [0.1, 0.15) is 38.0 Å². The number of carbonyl (C=O) groups excluding carboxylic acids is 1. The van der Waals surface area contributed by atoms with Gasteiger partial charge in [-0.05, 0) is 26.2 Å². The summed E-state index contributed by atoms with van der Waals surface area (Å²) >= 11 is 1.36. The third-order valence-electron chi connectivity index (χ3n) is 7.06. The fourth-order valence-corrected chi connectivity index (χ4v) is 5.52. The van der Waals surface area contributed by atoms with Gasteiger partial charge in [-0.15, -0.1) is 11.3 Å². The first kappa shape index (κ1) is 26.5. The van der Waals surface area contributed by atoms with Gasteiger partial charge in [0.2, 0.25) is 17.7 Å². The molecule has 6 heterocycles. The lowest BCUT2D eigenvalue weighted by molar-refractivity contribution is -0.118. The second kappa shape index (κ2) is 10.3. The van der Waals surface area contributed by atoms with Gasteiger partial charge in [0.25, 0.3) is 5.56 Å². The Labute approximate surface area is 236 Å². The van der Waals surface area contributed by atoms with E-state index >= 15 is 0 Å². The molecule has 1 unspecified atom stereocenters. The number of nitrogens with zero attached hydrogens (tertiary/aromatic N) is 10. The summed E-state index contributed by atoms with van der Waals surface area (Å²) in [4.78, 5) is 63.5. The maximum Gasteiger partial charge on any atom is 0.332 e. The molecule has 6 rings (SSSR count). The Hall–Kier alpha value is -4.73. The van der Waals surface area contributed by atoms with Gasteiger partial charge in [-0.25, -0.2) is 29.3 Å². The fraction of sp³-hybridized carbons (Fsp3) is 0.400. The standard InChI is InChI=1S/C25H27N11O4S/c1-13-5-6-34(9-13)24-26-7-16(8-27-24)22-31-17(11-41-22)30-21(37)14(2)36-12-28-20-19(36)23(38)35(25(39)33(20)4)10-18-29-15(3)32-40-18/h7-8,11-14H,5-6,9-10H2,1-4H3,(H,30,37)/t13?,14-/m0/s1. The van der Waals surface area contributed by atoms with Crippen LogP contribution in [0.2, 0.25) is 0 Å². The first-order valence-electron chi connectivity index (χ1n) is 13.0. The normalized spacial score (nSPS) is 16.0. The fourth-order valence-electron chi connectivity index (χ4n) is 4.79. The summed E-state index contributed by atoms with van der Waals surface area (Å²) in [6, 6.07) is -0.847. The Bertz CT molecular complexity index is 1870. The zero-order valence-electron chi connectivity index (χ0n) is 22.8. The highest BCUT2D eigenvalue weighted by atomic mass is 32.1. The van der Waals surface area contributed by atoms with Crippen molar-refractivity contribution in [3.63, 3.8) is 0 Å². The highest BCUT2D eigenvalue weighted by molar-refractivity contribution is 7.13. The molecule has 2 atom stereocenters. The van der Waals surface area contributed by atoms with Crippen LogP contribution < -0.4 is 21.5 Å². The van der Waals surface area contributed by atoms with Crippen LogP contribution in [0, 0.1) is 12.8 Å². The molecule has 0 radical (unpaired) electrons. The summed E-state index contributed by atoms with van der Waals surface area (Å²) in [5.74, 6) is 1.77. The molecule has 0 spiro atoms. The molecule has 5 aromatic heterocycles. The third kappa shape index (κ3) is 4.90. The molecule has 0 saturated carbocycles. The van der Waals surface area contributed by atoms with E-state index in [1.165, 1.54) is 33.8 Å². The Morgan fingerprint density at radius 2 is 2.00 bits per heavy atom. The molecule has 15 nitrogen and oxygen atoms in total. The number of anilines is 2. The Kier molecular flexibility index (Phi) is 6.69. The minimum Gasteiger partial charge on any atom is -0.341 e. The van der Waals surface area contributed by atoms with Crippen LogP contribution in [-0.4, -0.2) is 62.8 Å². The number of hydrogen-bond acceptors (Lipinski definition) is 12. The van der Waals surface area contributed by atoms with E-state index in [-0.39, 0.29) is 23.6 Å². The predicted molar refractivity (Wildman–Crippen MR) is 150 cm³/mol. The number of thiazole rings is 1. The maximum absolute atomic E-state index is 13.4. The van der Waals surface area contributed by atoms with E-state index in [0.29, 0.717) is 28.5 Å². The summed E-state index contributed by atoms with van der Waals surface area (Å²) in [6.45, 7) is 7.16. The molecule has 1 fully saturated rings. The van der Waals surface area contributed by atoms with Gasteiger partial charge in [-0.1, -0.05) is 12.1 Å². The first-order valence-corrected chi connectivity index (χ1v) is 13.9. The number of imidazole rings is 1. The molecule has 0 bridgehead atoms. The van der Waals surface area contributed by atoms with Crippen molar-refractivity contribution in [2.24, 2.45) is 13.0 Å². The van der Waals surface area contributed by atoms with Crippen LogP contribution in [0.4, 0.5) is 11.8 Å². The van der Waals surface area contributed by atoms with E-state index < -0.39 is 23.2 Å². The number of aryl methyl sites for hydroxylation is 2. The molecular weight excluding hydrogens is 550 g/mol. The van der Waals surface area contributed by atoms with Gasteiger partial charge in [0, 0.05) is 43.5 Å². The molecule has 16 heteroatoms. The largest absolute Gasteiger partial charge is 0.341 e. The molecule has 41 heavy (non-hydrogen) atoms. The number of hydrogen-bond donors (Lipinski definition) is 1. The summed E-state index contributed by atoms with van der Waals surface area (Å²) < 4.78 is 8.74. The van der Waals surface area contributed by atoms with Crippen LogP contribution in [0.25, 0.3) is 21.7 Å². The van der Waals surface area contributed by atoms with Gasteiger partial charge in [0.1, 0.15) is 23.4 Å². The Morgan fingerprint density at radius 1 is 1.22 bits per heavy atom. The zero-order valence-corrected chi connectivity index (χ0v) is 23.6. The number of nitrogens with one attached hydrogen (secondary N) is 1. The van der Waals surface area contributed by atoms with Crippen molar-refractivity contribution in [3.05, 3.63) is 56.7 Å². The third-order valence-corrected chi connectivity index (χ3v) is 7.96. The lowest BCUT2D eigenvalue weighted by Gasteiger charge is -2.15. The molecule has 1 aliphatic heterocycles. The van der Waals surface area contributed by atoms with E-state index in [1.54, 1.807) is 31.6 Å². The van der Waals surface area contributed by atoms with Gasteiger partial charge >= 0.3 is 5.69 Å². The molecular formula is C25H27N11O4S. The number of rotatable bonds is 7. The molecule has 0 aromatic carbocycles. The van der Waals surface area contributed by atoms with Crippen LogP contribution in [0.3, 0.4) is 0 Å². The van der Waals surface area contributed by atoms with Crippen molar-refractivity contribution in [2.75, 3.05) is 23.3 Å². The second-order valence-electron chi connectivity index (χ2n) is 10.1. The lowest BCUT2D eigenvalue weighted by Crippen LogP contribution is -2.40. The summed E-state index contributed by atoms with van der Waals surface area (Å²) in [6.07, 6.45) is 5.97. The average Bonchev–Trinajstić information content (AvgIpc) is 3.77. The minimum atomic E-state index is -0.847. The van der Waals surface area contributed by atoms with E-state index in [2.05, 4.69) is 47.2 Å². The van der Waals surface area contributed by atoms with Crippen molar-refractivity contribution in [1.82, 2.24) is 43.8 Å². The van der Waals surface area contributed by atoms with E-state index in [9.17, 15) is 14.4 Å². The van der Waals surface area contributed by atoms with E-state index in [4.69, 9.17) is 4.52 Å². The topological polar surface area (TPSA) is 172 Å². The van der Waals surface area contributed by atoms with Crippen molar-refractivity contribution in [2.45, 2.75) is 39.8 Å². The molecule has 1 aliphatic rings. The molecule has 0 aliphatic carbocycles. The number of carbonyl (C=O) groups is 1. The first-order chi connectivity index (χ1) is 19.7. The Balaban J connectivity index is 1.22. The molecule has 1 saturated heterocycles. The number of amides is 1. The predicted octanol–water partition coefficient (Wildman–Crippen LogP) is 1.60. The van der Waals surface area contributed by atoms with Crippen molar-refractivity contribution in [3.8, 4) is 10.6 Å². The van der Waals surface area contributed by atoms with Crippen molar-refractivity contribution in [1.29, 1.82) is 0 Å². The van der Waals surface area contributed by atoms with Crippen LogP contribution in [-0.2, 0) is 18.4 Å². The summed E-state index contributed by atoms with van der Waals surface area (Å²) in [7, 11) is 1.50. The maximum atomic E-state index is 13.4. The summed E-state index contributed by atoms with van der Waals surface area (Å²) in [5.41, 5.74) is -0.227. The van der Waals surface area contributed by atoms with Gasteiger partial charge in [0.15, 0.2) is 17.0 Å². The van der Waals surface area contributed by atoms with Crippen molar-refractivity contribution < 1.29 is 9.32 Å². The highest BCUT2D eigenvalue weighted by Crippen LogP contribution is 2.27. The minimum absolute atomic E-state index is 0.0922. The smallest absolute Gasteiger partial charge is 0.332 e. The lowest BCUT2D eigenvalue weighted by atomic mass is 10.2. The monoisotopic (exact) mass is 577 g/mol. The molecule has 1 amide bonds. The van der Waals surface area contributed by atoms with Crippen LogP contribution in [0.5, 0.6) is 0 Å². The van der Waals surface area contributed by atoms with Crippen LogP contribution in [0.15, 0.2) is 38.2 Å². The highest BCUT2D eigenvalue weighted by Gasteiger charge is 2.24. The Morgan fingerprint density at radius 3 is 2.68 bits per heavy atom. The van der Waals surface area contributed by atoms with Gasteiger partial charge in [-0.3, -0.25) is 14.2 Å². The quantitative estimate of drug-likeness (QED) is 0.298. The molecule has 5 aromatic rings. The van der Waals surface area contributed by atoms with E-state index in [0.717, 1.165) is 29.6 Å². The van der Waals surface area contributed by atoms with Crippen LogP contribution >= 0.6 is 11.3 Å².